The summed E-state index contributed by atoms with van der Waals surface area (Å²) >= 11 is 5.98. The van der Waals surface area contributed by atoms with Crippen molar-refractivity contribution in [1.82, 2.24) is 10.2 Å². The van der Waals surface area contributed by atoms with E-state index in [4.69, 9.17) is 21.1 Å². The van der Waals surface area contributed by atoms with E-state index in [1.807, 2.05) is 36.4 Å². The quantitative estimate of drug-likeness (QED) is 0.434. The molecule has 32 heavy (non-hydrogen) atoms. The standard InChI is InChI=1S/C25H33ClN2O4/c1-4-5-16-27-25(30)19(2)28(18-20-8-10-21(26)11-9-20)24(29)7-6-17-32-23-14-12-22(31-3)13-15-23/h8-15,19H,4-7,16-18H2,1-3H3,(H,27,30)/t19-/m1/s1. The number of nitrogens with zero attached hydrogens (tertiary/aromatic N) is 1. The third kappa shape index (κ3) is 8.42. The van der Waals surface area contributed by atoms with Gasteiger partial charge in [0.15, 0.2) is 0 Å². The Kier molecular flexibility index (Phi) is 10.9. The van der Waals surface area contributed by atoms with Gasteiger partial charge in [-0.3, -0.25) is 9.59 Å². The maximum Gasteiger partial charge on any atom is 0.242 e. The predicted molar refractivity (Wildman–Crippen MR) is 127 cm³/mol. The topological polar surface area (TPSA) is 67.9 Å². The number of halogens is 1. The molecule has 0 spiro atoms. The van der Waals surface area contributed by atoms with Crippen LogP contribution in [0.5, 0.6) is 11.5 Å². The molecular formula is C25H33ClN2O4. The van der Waals surface area contributed by atoms with Crippen LogP contribution in [0, 0.1) is 0 Å². The van der Waals surface area contributed by atoms with Crippen LogP contribution < -0.4 is 14.8 Å². The van der Waals surface area contributed by atoms with Crippen LogP contribution in [0.4, 0.5) is 0 Å². The summed E-state index contributed by atoms with van der Waals surface area (Å²) in [5, 5.41) is 3.55. The van der Waals surface area contributed by atoms with Crippen LogP contribution in [0.3, 0.4) is 0 Å². The molecule has 0 aliphatic rings. The van der Waals surface area contributed by atoms with Gasteiger partial charge >= 0.3 is 0 Å². The van der Waals surface area contributed by atoms with Crippen molar-refractivity contribution in [3.63, 3.8) is 0 Å². The Labute approximate surface area is 195 Å². The van der Waals surface area contributed by atoms with Crippen LogP contribution in [0.1, 0.15) is 45.1 Å². The lowest BCUT2D eigenvalue weighted by molar-refractivity contribution is -0.140. The van der Waals surface area contributed by atoms with E-state index in [2.05, 4.69) is 12.2 Å². The largest absolute Gasteiger partial charge is 0.497 e. The van der Waals surface area contributed by atoms with Gasteiger partial charge in [-0.05, 0) is 61.7 Å². The Balaban J connectivity index is 1.95. The van der Waals surface area contributed by atoms with E-state index in [0.29, 0.717) is 31.1 Å². The van der Waals surface area contributed by atoms with Crippen molar-refractivity contribution < 1.29 is 19.1 Å². The first-order chi connectivity index (χ1) is 15.4. The number of benzene rings is 2. The summed E-state index contributed by atoms with van der Waals surface area (Å²) in [6, 6.07) is 14.1. The van der Waals surface area contributed by atoms with E-state index in [-0.39, 0.29) is 18.2 Å². The smallest absolute Gasteiger partial charge is 0.242 e. The van der Waals surface area contributed by atoms with E-state index < -0.39 is 6.04 Å². The van der Waals surface area contributed by atoms with Gasteiger partial charge in [0, 0.05) is 24.5 Å². The molecule has 174 valence electrons. The molecule has 0 aromatic heterocycles. The molecule has 6 nitrogen and oxygen atoms in total. The summed E-state index contributed by atoms with van der Waals surface area (Å²) in [4.78, 5) is 27.3. The van der Waals surface area contributed by atoms with Gasteiger partial charge in [0.05, 0.1) is 13.7 Å². The van der Waals surface area contributed by atoms with Gasteiger partial charge in [-0.25, -0.2) is 0 Å². The molecule has 0 aliphatic carbocycles. The molecule has 0 aliphatic heterocycles. The van der Waals surface area contributed by atoms with Crippen LogP contribution in [-0.2, 0) is 16.1 Å². The van der Waals surface area contributed by atoms with Gasteiger partial charge in [-0.1, -0.05) is 37.1 Å². The zero-order valence-electron chi connectivity index (χ0n) is 19.1. The van der Waals surface area contributed by atoms with Crippen LogP contribution in [0.15, 0.2) is 48.5 Å². The molecule has 0 unspecified atom stereocenters. The molecule has 1 atom stereocenters. The third-order valence-corrected chi connectivity index (χ3v) is 5.38. The fraction of sp³-hybridized carbons (Fsp3) is 0.440. The number of amides is 2. The van der Waals surface area contributed by atoms with Gasteiger partial charge in [-0.15, -0.1) is 0 Å². The Morgan fingerprint density at radius 1 is 1.03 bits per heavy atom. The Hall–Kier alpha value is -2.73. The minimum Gasteiger partial charge on any atom is -0.497 e. The van der Waals surface area contributed by atoms with Crippen LogP contribution in [0.25, 0.3) is 0 Å². The van der Waals surface area contributed by atoms with Crippen molar-refractivity contribution in [1.29, 1.82) is 0 Å². The lowest BCUT2D eigenvalue weighted by atomic mass is 10.1. The molecule has 0 radical (unpaired) electrons. The van der Waals surface area contributed by atoms with Crippen molar-refractivity contribution >= 4 is 23.4 Å². The molecule has 0 saturated heterocycles. The van der Waals surface area contributed by atoms with Gasteiger partial charge in [0.1, 0.15) is 17.5 Å². The number of rotatable bonds is 13. The SMILES string of the molecule is CCCCNC(=O)[C@@H](C)N(Cc1ccc(Cl)cc1)C(=O)CCCOc1ccc(OC)cc1. The highest BCUT2D eigenvalue weighted by atomic mass is 35.5. The number of carbonyl (C=O) groups is 2. The molecule has 7 heteroatoms. The number of carbonyl (C=O) groups excluding carboxylic acids is 2. The maximum absolute atomic E-state index is 13.0. The molecule has 2 aromatic carbocycles. The Morgan fingerprint density at radius 2 is 1.69 bits per heavy atom. The number of nitrogens with one attached hydrogen (secondary N) is 1. The summed E-state index contributed by atoms with van der Waals surface area (Å²) in [6.07, 6.45) is 2.74. The van der Waals surface area contributed by atoms with Gasteiger partial charge in [0.2, 0.25) is 11.8 Å². The Morgan fingerprint density at radius 3 is 2.31 bits per heavy atom. The Bertz CT molecular complexity index is 840. The average Bonchev–Trinajstić information content (AvgIpc) is 2.81. The summed E-state index contributed by atoms with van der Waals surface area (Å²) in [6.45, 7) is 5.20. The van der Waals surface area contributed by atoms with Crippen molar-refractivity contribution in [3.8, 4) is 11.5 Å². The molecule has 0 saturated carbocycles. The second-order valence-corrected chi connectivity index (χ2v) is 8.03. The monoisotopic (exact) mass is 460 g/mol. The maximum atomic E-state index is 13.0. The number of unbranched alkanes of at least 4 members (excludes halogenated alkanes) is 1. The van der Waals surface area contributed by atoms with Crippen LogP contribution >= 0.6 is 11.6 Å². The molecule has 2 aromatic rings. The minimum absolute atomic E-state index is 0.0866. The number of methoxy groups -OCH3 is 1. The molecule has 0 heterocycles. The first kappa shape index (κ1) is 25.5. The summed E-state index contributed by atoms with van der Waals surface area (Å²) in [5.41, 5.74) is 0.922. The first-order valence-corrected chi connectivity index (χ1v) is 11.4. The van der Waals surface area contributed by atoms with Gasteiger partial charge < -0.3 is 19.7 Å². The summed E-state index contributed by atoms with van der Waals surface area (Å²) < 4.78 is 10.9. The zero-order valence-corrected chi connectivity index (χ0v) is 19.9. The molecule has 0 fully saturated rings. The molecule has 0 bridgehead atoms. The van der Waals surface area contributed by atoms with Gasteiger partial charge in [-0.2, -0.15) is 0 Å². The molecule has 1 N–H and O–H groups in total. The number of hydrogen-bond donors (Lipinski definition) is 1. The highest BCUT2D eigenvalue weighted by Gasteiger charge is 2.25. The number of hydrogen-bond acceptors (Lipinski definition) is 4. The summed E-state index contributed by atoms with van der Waals surface area (Å²) in [7, 11) is 1.61. The third-order valence-electron chi connectivity index (χ3n) is 5.13. The van der Waals surface area contributed by atoms with E-state index in [9.17, 15) is 9.59 Å². The second-order valence-electron chi connectivity index (χ2n) is 7.60. The van der Waals surface area contributed by atoms with Crippen molar-refractivity contribution in [2.45, 2.75) is 52.1 Å². The summed E-state index contributed by atoms with van der Waals surface area (Å²) in [5.74, 6) is 1.25. The first-order valence-electron chi connectivity index (χ1n) is 11.0. The van der Waals surface area contributed by atoms with E-state index in [1.165, 1.54) is 0 Å². The van der Waals surface area contributed by atoms with Crippen LogP contribution in [0.2, 0.25) is 5.02 Å². The van der Waals surface area contributed by atoms with E-state index in [0.717, 1.165) is 29.9 Å². The molecule has 2 rings (SSSR count). The molecule has 2 amide bonds. The zero-order chi connectivity index (χ0) is 23.3. The fourth-order valence-electron chi connectivity index (χ4n) is 3.13. The molecular weight excluding hydrogens is 428 g/mol. The van der Waals surface area contributed by atoms with E-state index in [1.54, 1.807) is 31.1 Å². The number of ether oxygens (including phenoxy) is 2. The highest BCUT2D eigenvalue weighted by molar-refractivity contribution is 6.30. The van der Waals surface area contributed by atoms with Crippen molar-refractivity contribution in [2.75, 3.05) is 20.3 Å². The second kappa shape index (κ2) is 13.6. The minimum atomic E-state index is -0.572. The van der Waals surface area contributed by atoms with Gasteiger partial charge in [0.25, 0.3) is 0 Å². The van der Waals surface area contributed by atoms with E-state index >= 15 is 0 Å². The fourth-order valence-corrected chi connectivity index (χ4v) is 3.26. The van der Waals surface area contributed by atoms with Crippen LogP contribution in [-0.4, -0.2) is 43.0 Å². The normalized spacial score (nSPS) is 11.5. The predicted octanol–water partition coefficient (Wildman–Crippen LogP) is 4.84. The lowest BCUT2D eigenvalue weighted by Crippen LogP contribution is -2.47. The van der Waals surface area contributed by atoms with Crippen molar-refractivity contribution in [2.24, 2.45) is 0 Å². The highest BCUT2D eigenvalue weighted by Crippen LogP contribution is 2.18. The lowest BCUT2D eigenvalue weighted by Gasteiger charge is -2.29. The van der Waals surface area contributed by atoms with Crippen molar-refractivity contribution in [3.05, 3.63) is 59.1 Å². The average molecular weight is 461 g/mol.